The summed E-state index contributed by atoms with van der Waals surface area (Å²) in [4.78, 5) is 16.0. The largest absolute Gasteiger partial charge is 0.334 e. The molecule has 6 heteroatoms. The van der Waals surface area contributed by atoms with Gasteiger partial charge in [-0.2, -0.15) is 0 Å². The molecule has 100 valence electrons. The molecule has 2 rings (SSSR count). The first kappa shape index (κ1) is 14.0. The maximum absolute atomic E-state index is 11.7. The zero-order chi connectivity index (χ0) is 13.7. The molecule has 2 heterocycles. The molecule has 0 aliphatic rings. The maximum Gasteiger partial charge on any atom is 0.315 e. The summed E-state index contributed by atoms with van der Waals surface area (Å²) in [7, 11) is 0. The summed E-state index contributed by atoms with van der Waals surface area (Å²) in [6.45, 7) is 2.42. The van der Waals surface area contributed by atoms with Crippen LogP contribution in [0.4, 0.5) is 4.79 Å². The Hall–Kier alpha value is -1.40. The standard InChI is InChI=1S/C13H14BrN3OS/c1-9(11-4-2-3-5-15-11)17-13(18)16-7-10-6-12(14)19-8-10/h2-6,8-9H,7H2,1H3,(H2,16,17,18)/t9-/m1/s1. The third kappa shape index (κ3) is 4.33. The fraction of sp³-hybridized carbons (Fsp3) is 0.231. The summed E-state index contributed by atoms with van der Waals surface area (Å²) >= 11 is 4.99. The van der Waals surface area contributed by atoms with Crippen LogP contribution < -0.4 is 10.6 Å². The van der Waals surface area contributed by atoms with Crippen LogP contribution in [0.2, 0.25) is 0 Å². The lowest BCUT2D eigenvalue weighted by Crippen LogP contribution is -2.36. The first-order valence-corrected chi connectivity index (χ1v) is 7.50. The number of nitrogens with zero attached hydrogens (tertiary/aromatic N) is 1. The Labute approximate surface area is 124 Å². The van der Waals surface area contributed by atoms with Gasteiger partial charge < -0.3 is 10.6 Å². The van der Waals surface area contributed by atoms with Crippen molar-refractivity contribution >= 4 is 33.3 Å². The number of nitrogens with one attached hydrogen (secondary N) is 2. The van der Waals surface area contributed by atoms with Crippen LogP contribution in [-0.4, -0.2) is 11.0 Å². The van der Waals surface area contributed by atoms with Crippen LogP contribution in [0, 0.1) is 0 Å². The average molecular weight is 340 g/mol. The van der Waals surface area contributed by atoms with E-state index in [9.17, 15) is 4.79 Å². The first-order chi connectivity index (χ1) is 9.15. The molecule has 0 aromatic carbocycles. The van der Waals surface area contributed by atoms with Crippen LogP contribution in [0.15, 0.2) is 39.6 Å². The molecule has 2 aromatic heterocycles. The van der Waals surface area contributed by atoms with Crippen molar-refractivity contribution in [2.75, 3.05) is 0 Å². The van der Waals surface area contributed by atoms with Gasteiger partial charge >= 0.3 is 6.03 Å². The number of pyridine rings is 1. The minimum Gasteiger partial charge on any atom is -0.334 e. The number of aromatic nitrogens is 1. The Morgan fingerprint density at radius 1 is 1.53 bits per heavy atom. The molecule has 0 spiro atoms. The third-order valence-electron chi connectivity index (χ3n) is 2.55. The number of carbonyl (C=O) groups excluding carboxylic acids is 1. The van der Waals surface area contributed by atoms with E-state index in [4.69, 9.17) is 0 Å². The predicted molar refractivity (Wildman–Crippen MR) is 80.0 cm³/mol. The van der Waals surface area contributed by atoms with Gasteiger partial charge in [0, 0.05) is 12.7 Å². The smallest absolute Gasteiger partial charge is 0.315 e. The summed E-state index contributed by atoms with van der Waals surface area (Å²) in [6, 6.07) is 7.33. The van der Waals surface area contributed by atoms with Crippen molar-refractivity contribution in [3.05, 3.63) is 50.9 Å². The zero-order valence-corrected chi connectivity index (χ0v) is 12.8. The van der Waals surface area contributed by atoms with E-state index in [0.29, 0.717) is 6.54 Å². The molecule has 0 bridgehead atoms. The van der Waals surface area contributed by atoms with E-state index < -0.39 is 0 Å². The Balaban J connectivity index is 1.81. The fourth-order valence-corrected chi connectivity index (χ4v) is 2.78. The SMILES string of the molecule is C[C@@H](NC(=O)NCc1csc(Br)c1)c1ccccn1. The van der Waals surface area contributed by atoms with Gasteiger partial charge in [0.05, 0.1) is 15.5 Å². The first-order valence-electron chi connectivity index (χ1n) is 5.83. The molecule has 0 fully saturated rings. The molecular weight excluding hydrogens is 326 g/mol. The van der Waals surface area contributed by atoms with Gasteiger partial charge in [-0.15, -0.1) is 11.3 Å². The average Bonchev–Trinajstić information content (AvgIpc) is 2.83. The van der Waals surface area contributed by atoms with Crippen molar-refractivity contribution in [3.63, 3.8) is 0 Å². The lowest BCUT2D eigenvalue weighted by atomic mass is 10.2. The van der Waals surface area contributed by atoms with E-state index in [-0.39, 0.29) is 12.1 Å². The summed E-state index contributed by atoms with van der Waals surface area (Å²) < 4.78 is 1.06. The van der Waals surface area contributed by atoms with E-state index in [1.165, 1.54) is 0 Å². The van der Waals surface area contributed by atoms with Crippen LogP contribution in [0.3, 0.4) is 0 Å². The highest BCUT2D eigenvalue weighted by Crippen LogP contribution is 2.20. The molecule has 0 saturated carbocycles. The van der Waals surface area contributed by atoms with Crippen molar-refractivity contribution in [2.45, 2.75) is 19.5 Å². The van der Waals surface area contributed by atoms with Gasteiger partial charge in [0.25, 0.3) is 0 Å². The highest BCUT2D eigenvalue weighted by molar-refractivity contribution is 9.11. The van der Waals surface area contributed by atoms with Crippen LogP contribution in [0.5, 0.6) is 0 Å². The highest BCUT2D eigenvalue weighted by atomic mass is 79.9. The van der Waals surface area contributed by atoms with Gasteiger partial charge in [-0.1, -0.05) is 6.07 Å². The molecule has 0 aliphatic carbocycles. The van der Waals surface area contributed by atoms with Crippen LogP contribution in [0.1, 0.15) is 24.2 Å². The van der Waals surface area contributed by atoms with E-state index >= 15 is 0 Å². The summed E-state index contributed by atoms with van der Waals surface area (Å²) in [5.74, 6) is 0. The summed E-state index contributed by atoms with van der Waals surface area (Å²) in [5, 5.41) is 7.68. The van der Waals surface area contributed by atoms with Gasteiger partial charge in [-0.05, 0) is 52.0 Å². The molecule has 0 radical (unpaired) electrons. The normalized spacial score (nSPS) is 11.9. The van der Waals surface area contributed by atoms with Gasteiger partial charge in [0.2, 0.25) is 0 Å². The molecule has 0 unspecified atom stereocenters. The van der Waals surface area contributed by atoms with E-state index in [2.05, 4.69) is 31.5 Å². The van der Waals surface area contributed by atoms with Gasteiger partial charge in [0.15, 0.2) is 0 Å². The molecule has 1 atom stereocenters. The molecular formula is C13H14BrN3OS. The Morgan fingerprint density at radius 3 is 3.00 bits per heavy atom. The molecule has 19 heavy (non-hydrogen) atoms. The number of hydrogen-bond donors (Lipinski definition) is 2. The lowest BCUT2D eigenvalue weighted by Gasteiger charge is -2.13. The minimum absolute atomic E-state index is 0.115. The summed E-state index contributed by atoms with van der Waals surface area (Å²) in [5.41, 5.74) is 1.92. The molecule has 4 nitrogen and oxygen atoms in total. The number of halogens is 1. The fourth-order valence-electron chi connectivity index (χ4n) is 1.57. The number of urea groups is 1. The Morgan fingerprint density at radius 2 is 2.37 bits per heavy atom. The highest BCUT2D eigenvalue weighted by Gasteiger charge is 2.09. The van der Waals surface area contributed by atoms with Crippen molar-refractivity contribution in [3.8, 4) is 0 Å². The van der Waals surface area contributed by atoms with Gasteiger partial charge in [-0.25, -0.2) is 4.79 Å². The van der Waals surface area contributed by atoms with Crippen LogP contribution >= 0.6 is 27.3 Å². The van der Waals surface area contributed by atoms with Crippen molar-refractivity contribution < 1.29 is 4.79 Å². The summed E-state index contributed by atoms with van der Waals surface area (Å²) in [6.07, 6.45) is 1.72. The van der Waals surface area contributed by atoms with Crippen LogP contribution in [-0.2, 0) is 6.54 Å². The Bertz CT molecular complexity index is 544. The second kappa shape index (κ2) is 6.68. The quantitative estimate of drug-likeness (QED) is 0.896. The number of carbonyl (C=O) groups is 1. The van der Waals surface area contributed by atoms with Gasteiger partial charge in [0.1, 0.15) is 0 Å². The number of rotatable bonds is 4. The second-order valence-electron chi connectivity index (χ2n) is 4.06. The lowest BCUT2D eigenvalue weighted by molar-refractivity contribution is 0.237. The molecule has 2 N–H and O–H groups in total. The molecule has 2 amide bonds. The van der Waals surface area contributed by atoms with E-state index in [0.717, 1.165) is 15.0 Å². The Kier molecular flexibility index (Phi) is 4.93. The monoisotopic (exact) mass is 339 g/mol. The topological polar surface area (TPSA) is 54.0 Å². The van der Waals surface area contributed by atoms with Gasteiger partial charge in [-0.3, -0.25) is 4.98 Å². The van der Waals surface area contributed by atoms with Crippen LogP contribution in [0.25, 0.3) is 0 Å². The number of hydrogen-bond acceptors (Lipinski definition) is 3. The maximum atomic E-state index is 11.7. The van der Waals surface area contributed by atoms with Crippen molar-refractivity contribution in [1.82, 2.24) is 15.6 Å². The number of thiophene rings is 1. The van der Waals surface area contributed by atoms with Crippen molar-refractivity contribution in [1.29, 1.82) is 0 Å². The molecule has 2 aromatic rings. The molecule has 0 aliphatic heterocycles. The third-order valence-corrected chi connectivity index (χ3v) is 4.11. The molecule has 0 saturated heterocycles. The second-order valence-corrected chi connectivity index (χ2v) is 6.35. The van der Waals surface area contributed by atoms with E-state index in [1.54, 1.807) is 17.5 Å². The van der Waals surface area contributed by atoms with E-state index in [1.807, 2.05) is 36.6 Å². The predicted octanol–water partition coefficient (Wildman–Crippen LogP) is 3.47. The minimum atomic E-state index is -0.194. The van der Waals surface area contributed by atoms with Crippen molar-refractivity contribution in [2.24, 2.45) is 0 Å². The number of amides is 2. The zero-order valence-electron chi connectivity index (χ0n) is 10.4.